The van der Waals surface area contributed by atoms with E-state index in [4.69, 9.17) is 0 Å². The van der Waals surface area contributed by atoms with Crippen molar-refractivity contribution in [3.05, 3.63) is 45.7 Å². The summed E-state index contributed by atoms with van der Waals surface area (Å²) in [5.74, 6) is 0.971. The van der Waals surface area contributed by atoms with E-state index in [1.54, 1.807) is 0 Å². The number of thiophene rings is 1. The van der Waals surface area contributed by atoms with Crippen LogP contribution >= 0.6 is 11.3 Å². The van der Waals surface area contributed by atoms with Gasteiger partial charge in [-0.2, -0.15) is 0 Å². The van der Waals surface area contributed by atoms with Gasteiger partial charge in [-0.3, -0.25) is 4.90 Å². The summed E-state index contributed by atoms with van der Waals surface area (Å²) in [6.07, 6.45) is 5.18. The fourth-order valence-corrected chi connectivity index (χ4v) is 3.18. The van der Waals surface area contributed by atoms with Gasteiger partial charge in [-0.05, 0) is 29.9 Å². The molecule has 0 amide bonds. The van der Waals surface area contributed by atoms with Crippen molar-refractivity contribution in [3.63, 3.8) is 0 Å². The Morgan fingerprint density at radius 3 is 3.16 bits per heavy atom. The van der Waals surface area contributed by atoms with E-state index in [2.05, 4.69) is 39.3 Å². The smallest absolute Gasteiger partial charge is 0.128 e. The molecular formula is C15H19N3S. The molecule has 0 fully saturated rings. The standard InChI is InChI=1S/C15H19N3S/c1-2-15-16-10-12-5-7-18(11-14(12)17-15)8-6-13-4-3-9-19-13/h3-4,9-10H,2,5-8,11H2,1H3. The lowest BCUT2D eigenvalue weighted by Crippen LogP contribution is -2.33. The molecular weight excluding hydrogens is 254 g/mol. The number of nitrogens with zero attached hydrogens (tertiary/aromatic N) is 3. The summed E-state index contributed by atoms with van der Waals surface area (Å²) in [7, 11) is 0. The van der Waals surface area contributed by atoms with Crippen LogP contribution in [0.1, 0.15) is 28.9 Å². The average Bonchev–Trinajstić information content (AvgIpc) is 2.97. The van der Waals surface area contributed by atoms with Crippen molar-refractivity contribution in [2.45, 2.75) is 32.7 Å². The summed E-state index contributed by atoms with van der Waals surface area (Å²) in [4.78, 5) is 13.1. The van der Waals surface area contributed by atoms with Gasteiger partial charge in [-0.15, -0.1) is 11.3 Å². The number of hydrogen-bond donors (Lipinski definition) is 0. The van der Waals surface area contributed by atoms with Crippen molar-refractivity contribution in [1.82, 2.24) is 14.9 Å². The van der Waals surface area contributed by atoms with E-state index >= 15 is 0 Å². The van der Waals surface area contributed by atoms with Crippen molar-refractivity contribution >= 4 is 11.3 Å². The van der Waals surface area contributed by atoms with Crippen molar-refractivity contribution in [3.8, 4) is 0 Å². The second-order valence-electron chi connectivity index (χ2n) is 4.97. The lowest BCUT2D eigenvalue weighted by Gasteiger charge is -2.27. The Hall–Kier alpha value is -1.26. The van der Waals surface area contributed by atoms with Gasteiger partial charge in [0.2, 0.25) is 0 Å². The van der Waals surface area contributed by atoms with Crippen LogP contribution in [0.15, 0.2) is 23.7 Å². The van der Waals surface area contributed by atoms with E-state index in [0.29, 0.717) is 0 Å². The van der Waals surface area contributed by atoms with E-state index in [0.717, 1.165) is 44.7 Å². The highest BCUT2D eigenvalue weighted by Crippen LogP contribution is 2.18. The summed E-state index contributed by atoms with van der Waals surface area (Å²) >= 11 is 1.85. The minimum Gasteiger partial charge on any atom is -0.297 e. The molecule has 1 aliphatic rings. The van der Waals surface area contributed by atoms with Crippen LogP contribution in [-0.2, 0) is 25.8 Å². The molecule has 0 unspecified atom stereocenters. The predicted octanol–water partition coefficient (Wildman–Crippen LogP) is 2.70. The number of rotatable bonds is 4. The Labute approximate surface area is 118 Å². The minimum atomic E-state index is 0.919. The maximum absolute atomic E-state index is 4.68. The molecule has 3 nitrogen and oxygen atoms in total. The molecule has 19 heavy (non-hydrogen) atoms. The molecule has 2 aromatic rings. The summed E-state index contributed by atoms with van der Waals surface area (Å²) < 4.78 is 0. The number of aromatic nitrogens is 2. The van der Waals surface area contributed by atoms with Gasteiger partial charge in [0.1, 0.15) is 5.82 Å². The van der Waals surface area contributed by atoms with Crippen LogP contribution in [0, 0.1) is 0 Å². The number of hydrogen-bond acceptors (Lipinski definition) is 4. The summed E-state index contributed by atoms with van der Waals surface area (Å²) in [6, 6.07) is 4.35. The van der Waals surface area contributed by atoms with Crippen LogP contribution in [0.4, 0.5) is 0 Å². The molecule has 3 rings (SSSR count). The monoisotopic (exact) mass is 273 g/mol. The molecule has 100 valence electrons. The van der Waals surface area contributed by atoms with Gasteiger partial charge in [0.25, 0.3) is 0 Å². The van der Waals surface area contributed by atoms with Gasteiger partial charge in [-0.1, -0.05) is 13.0 Å². The zero-order chi connectivity index (χ0) is 13.1. The molecule has 0 atom stereocenters. The van der Waals surface area contributed by atoms with E-state index in [9.17, 15) is 0 Å². The maximum atomic E-state index is 4.68. The van der Waals surface area contributed by atoms with Crippen LogP contribution in [0.3, 0.4) is 0 Å². The highest BCUT2D eigenvalue weighted by Gasteiger charge is 2.17. The SMILES string of the molecule is CCc1ncc2c(n1)CN(CCc1cccs1)CC2. The molecule has 2 aromatic heterocycles. The molecule has 0 aliphatic carbocycles. The molecule has 0 radical (unpaired) electrons. The molecule has 0 aromatic carbocycles. The highest BCUT2D eigenvalue weighted by atomic mass is 32.1. The molecule has 0 saturated heterocycles. The zero-order valence-electron chi connectivity index (χ0n) is 11.3. The van der Waals surface area contributed by atoms with Gasteiger partial charge >= 0.3 is 0 Å². The first-order valence-electron chi connectivity index (χ1n) is 6.93. The molecule has 3 heterocycles. The molecule has 0 N–H and O–H groups in total. The van der Waals surface area contributed by atoms with E-state index in [-0.39, 0.29) is 0 Å². The Morgan fingerprint density at radius 1 is 1.42 bits per heavy atom. The van der Waals surface area contributed by atoms with Gasteiger partial charge < -0.3 is 0 Å². The van der Waals surface area contributed by atoms with Crippen molar-refractivity contribution in [1.29, 1.82) is 0 Å². The number of fused-ring (bicyclic) bond motifs is 1. The number of aryl methyl sites for hydroxylation is 1. The van der Waals surface area contributed by atoms with Crippen LogP contribution in [0.5, 0.6) is 0 Å². The second-order valence-corrected chi connectivity index (χ2v) is 6.00. The van der Waals surface area contributed by atoms with Crippen molar-refractivity contribution < 1.29 is 0 Å². The molecule has 4 heteroatoms. The summed E-state index contributed by atoms with van der Waals surface area (Å²) in [6.45, 7) is 5.36. The van der Waals surface area contributed by atoms with Gasteiger partial charge in [0, 0.05) is 37.1 Å². The highest BCUT2D eigenvalue weighted by molar-refractivity contribution is 7.09. The first-order valence-corrected chi connectivity index (χ1v) is 7.81. The van der Waals surface area contributed by atoms with Crippen LogP contribution < -0.4 is 0 Å². The second kappa shape index (κ2) is 5.80. The van der Waals surface area contributed by atoms with E-state index in [1.807, 2.05) is 17.5 Å². The Balaban J connectivity index is 1.64. The quantitative estimate of drug-likeness (QED) is 0.857. The van der Waals surface area contributed by atoms with Crippen LogP contribution in [0.25, 0.3) is 0 Å². The summed E-state index contributed by atoms with van der Waals surface area (Å²) in [5, 5.41) is 2.15. The first-order chi connectivity index (χ1) is 9.35. The lowest BCUT2D eigenvalue weighted by atomic mass is 10.1. The van der Waals surface area contributed by atoms with Crippen molar-refractivity contribution in [2.75, 3.05) is 13.1 Å². The first kappa shape index (κ1) is 12.8. The maximum Gasteiger partial charge on any atom is 0.128 e. The topological polar surface area (TPSA) is 29.0 Å². The van der Waals surface area contributed by atoms with Gasteiger partial charge in [0.05, 0.1) is 5.69 Å². The molecule has 0 bridgehead atoms. The normalized spacial score (nSPS) is 15.4. The summed E-state index contributed by atoms with van der Waals surface area (Å²) in [5.41, 5.74) is 2.58. The largest absolute Gasteiger partial charge is 0.297 e. The van der Waals surface area contributed by atoms with Gasteiger partial charge in [-0.25, -0.2) is 9.97 Å². The average molecular weight is 273 g/mol. The van der Waals surface area contributed by atoms with Crippen LogP contribution in [0.2, 0.25) is 0 Å². The zero-order valence-corrected chi connectivity index (χ0v) is 12.1. The predicted molar refractivity (Wildman–Crippen MR) is 78.4 cm³/mol. The fraction of sp³-hybridized carbons (Fsp3) is 0.467. The van der Waals surface area contributed by atoms with Crippen molar-refractivity contribution in [2.24, 2.45) is 0 Å². The molecule has 1 aliphatic heterocycles. The van der Waals surface area contributed by atoms with E-state index in [1.165, 1.54) is 16.1 Å². The molecule has 0 spiro atoms. The Kier molecular flexibility index (Phi) is 3.89. The van der Waals surface area contributed by atoms with Gasteiger partial charge in [0.15, 0.2) is 0 Å². The lowest BCUT2D eigenvalue weighted by molar-refractivity contribution is 0.253. The Bertz CT molecular complexity index is 536. The van der Waals surface area contributed by atoms with Crippen LogP contribution in [-0.4, -0.2) is 28.0 Å². The third-order valence-electron chi connectivity index (χ3n) is 3.65. The fourth-order valence-electron chi connectivity index (χ4n) is 2.48. The third-order valence-corrected chi connectivity index (χ3v) is 4.58. The van der Waals surface area contributed by atoms with E-state index < -0.39 is 0 Å². The third kappa shape index (κ3) is 3.01. The molecule has 0 saturated carbocycles. The minimum absolute atomic E-state index is 0.919. The Morgan fingerprint density at radius 2 is 2.37 bits per heavy atom.